The largest absolute Gasteiger partial charge is 0.416 e. The van der Waals surface area contributed by atoms with E-state index in [1.54, 1.807) is 17.0 Å². The number of amides is 1. The van der Waals surface area contributed by atoms with Gasteiger partial charge in [-0.25, -0.2) is 4.39 Å². The Morgan fingerprint density at radius 2 is 1.64 bits per heavy atom. The predicted molar refractivity (Wildman–Crippen MR) is 150 cm³/mol. The summed E-state index contributed by atoms with van der Waals surface area (Å²) in [6.07, 6.45) is 0.308. The maximum Gasteiger partial charge on any atom is 0.416 e. The Morgan fingerprint density at radius 1 is 0.974 bits per heavy atom. The van der Waals surface area contributed by atoms with E-state index in [4.69, 9.17) is 11.6 Å². The van der Waals surface area contributed by atoms with Crippen LogP contribution in [0.4, 0.5) is 17.6 Å². The average Bonchev–Trinajstić information content (AvgIpc) is 3.28. The third-order valence-electron chi connectivity index (χ3n) is 7.76. The van der Waals surface area contributed by atoms with Crippen LogP contribution in [0.1, 0.15) is 59.8 Å². The summed E-state index contributed by atoms with van der Waals surface area (Å²) in [5.41, 5.74) is 0.698. The second-order valence-electron chi connectivity index (χ2n) is 10.1. The molecule has 0 atom stereocenters. The Labute approximate surface area is 234 Å². The van der Waals surface area contributed by atoms with Crippen LogP contribution in [0.2, 0.25) is 5.02 Å². The van der Waals surface area contributed by atoms with E-state index in [2.05, 4.69) is 6.92 Å². The van der Waals surface area contributed by atoms with Crippen molar-refractivity contribution < 1.29 is 22.4 Å². The topological polar surface area (TPSA) is 20.3 Å². The van der Waals surface area contributed by atoms with Crippen molar-refractivity contribution in [1.29, 1.82) is 0 Å². The van der Waals surface area contributed by atoms with Crippen molar-refractivity contribution in [2.75, 3.05) is 0 Å². The van der Waals surface area contributed by atoms with Gasteiger partial charge in [0.05, 0.1) is 10.6 Å². The molecule has 1 saturated carbocycles. The van der Waals surface area contributed by atoms with Crippen LogP contribution in [0.15, 0.2) is 66.7 Å². The van der Waals surface area contributed by atoms with Gasteiger partial charge in [0.1, 0.15) is 10.7 Å². The Balaban J connectivity index is 1.48. The molecule has 0 saturated heterocycles. The number of alkyl halides is 3. The van der Waals surface area contributed by atoms with Crippen LogP contribution >= 0.6 is 22.9 Å². The van der Waals surface area contributed by atoms with Gasteiger partial charge in [0.2, 0.25) is 0 Å². The summed E-state index contributed by atoms with van der Waals surface area (Å²) < 4.78 is 55.1. The van der Waals surface area contributed by atoms with Gasteiger partial charge in [0, 0.05) is 28.2 Å². The number of hydrogen-bond donors (Lipinski definition) is 0. The number of carbonyl (C=O) groups is 1. The number of halogens is 5. The molecule has 0 radical (unpaired) electrons. The molecular weight excluding hydrogens is 546 g/mol. The van der Waals surface area contributed by atoms with Crippen molar-refractivity contribution in [1.82, 2.24) is 4.90 Å². The molecule has 0 N–H and O–H groups in total. The van der Waals surface area contributed by atoms with E-state index >= 15 is 4.39 Å². The van der Waals surface area contributed by atoms with E-state index in [0.29, 0.717) is 32.5 Å². The second-order valence-corrected chi connectivity index (χ2v) is 11.6. The predicted octanol–water partition coefficient (Wildman–Crippen LogP) is 9.99. The minimum absolute atomic E-state index is 0.0468. The fourth-order valence-electron chi connectivity index (χ4n) is 5.42. The van der Waals surface area contributed by atoms with Crippen molar-refractivity contribution in [2.24, 2.45) is 5.92 Å². The normalized spacial score (nSPS) is 17.9. The third kappa shape index (κ3) is 5.85. The van der Waals surface area contributed by atoms with Crippen molar-refractivity contribution >= 4 is 38.9 Å². The third-order valence-corrected chi connectivity index (χ3v) is 9.42. The molecule has 1 aliphatic rings. The maximum absolute atomic E-state index is 15.2. The first-order valence-corrected chi connectivity index (χ1v) is 14.3. The van der Waals surface area contributed by atoms with E-state index in [9.17, 15) is 18.0 Å². The molecule has 0 unspecified atom stereocenters. The zero-order valence-electron chi connectivity index (χ0n) is 21.4. The van der Waals surface area contributed by atoms with Crippen molar-refractivity contribution in [2.45, 2.75) is 57.8 Å². The number of fused-ring (bicyclic) bond motifs is 1. The lowest BCUT2D eigenvalue weighted by molar-refractivity contribution is -0.137. The first-order chi connectivity index (χ1) is 18.7. The standard InChI is InChI=1S/C31H28ClF4NOS/c1-2-19-7-14-24(15-8-19)37(30(38)29-28(32)25-5-3-4-6-27(25)39-29)18-22-17-21(11-16-26(22)33)20-9-12-23(13-10-20)31(34,35)36/h3-6,9-13,16-17,19,24H,2,7-8,14-15,18H2,1H3/t19-,24-. The lowest BCUT2D eigenvalue weighted by Crippen LogP contribution is -2.42. The van der Waals surface area contributed by atoms with E-state index in [1.165, 1.54) is 29.5 Å². The van der Waals surface area contributed by atoms with Crippen molar-refractivity contribution in [3.63, 3.8) is 0 Å². The van der Waals surface area contributed by atoms with Gasteiger partial charge >= 0.3 is 6.18 Å². The molecular formula is C31H28ClF4NOS. The number of benzene rings is 3. The highest BCUT2D eigenvalue weighted by atomic mass is 35.5. The molecule has 0 bridgehead atoms. The Morgan fingerprint density at radius 3 is 2.28 bits per heavy atom. The molecule has 0 spiro atoms. The molecule has 39 heavy (non-hydrogen) atoms. The highest BCUT2D eigenvalue weighted by molar-refractivity contribution is 7.21. The van der Waals surface area contributed by atoms with Gasteiger partial charge in [-0.2, -0.15) is 13.2 Å². The molecule has 204 valence electrons. The molecule has 0 aliphatic heterocycles. The zero-order chi connectivity index (χ0) is 27.7. The molecule has 2 nitrogen and oxygen atoms in total. The summed E-state index contributed by atoms with van der Waals surface area (Å²) in [4.78, 5) is 16.2. The SMILES string of the molecule is CC[C@H]1CC[C@H](N(Cc2cc(-c3ccc(C(F)(F)F)cc3)ccc2F)C(=O)c2sc3ccccc3c2Cl)CC1. The second kappa shape index (κ2) is 11.3. The van der Waals surface area contributed by atoms with Gasteiger partial charge in [-0.3, -0.25) is 4.79 Å². The lowest BCUT2D eigenvalue weighted by Gasteiger charge is -2.37. The summed E-state index contributed by atoms with van der Waals surface area (Å²) in [5, 5.41) is 1.23. The zero-order valence-corrected chi connectivity index (χ0v) is 23.0. The minimum Gasteiger partial charge on any atom is -0.330 e. The van der Waals surface area contributed by atoms with Crippen LogP contribution < -0.4 is 0 Å². The molecule has 4 aromatic rings. The number of carbonyl (C=O) groups excluding carboxylic acids is 1. The van der Waals surface area contributed by atoms with Crippen LogP contribution in [0, 0.1) is 11.7 Å². The molecule has 1 aliphatic carbocycles. The molecule has 1 amide bonds. The Bertz CT molecular complexity index is 1470. The molecule has 8 heteroatoms. The quantitative estimate of drug-likeness (QED) is 0.210. The summed E-state index contributed by atoms with van der Waals surface area (Å²) in [6, 6.07) is 16.8. The summed E-state index contributed by atoms with van der Waals surface area (Å²) in [6.45, 7) is 2.22. The smallest absolute Gasteiger partial charge is 0.330 e. The number of hydrogen-bond acceptors (Lipinski definition) is 2. The highest BCUT2D eigenvalue weighted by Crippen LogP contribution is 2.39. The van der Waals surface area contributed by atoms with Gasteiger partial charge in [-0.1, -0.05) is 61.3 Å². The lowest BCUT2D eigenvalue weighted by atomic mass is 9.83. The van der Waals surface area contributed by atoms with E-state index in [1.807, 2.05) is 24.3 Å². The van der Waals surface area contributed by atoms with Gasteiger partial charge < -0.3 is 4.90 Å². The first-order valence-electron chi connectivity index (χ1n) is 13.1. The molecule has 5 rings (SSSR count). The minimum atomic E-state index is -4.43. The van der Waals surface area contributed by atoms with Gasteiger partial charge in [0.15, 0.2) is 0 Å². The fraction of sp³-hybridized carbons (Fsp3) is 0.323. The molecule has 3 aromatic carbocycles. The van der Waals surface area contributed by atoms with Crippen molar-refractivity contribution in [3.05, 3.63) is 93.6 Å². The highest BCUT2D eigenvalue weighted by Gasteiger charge is 2.32. The molecule has 1 fully saturated rings. The summed E-state index contributed by atoms with van der Waals surface area (Å²) in [5.74, 6) is -0.0699. The molecule has 1 heterocycles. The maximum atomic E-state index is 15.2. The van der Waals surface area contributed by atoms with Crippen LogP contribution in [-0.2, 0) is 12.7 Å². The monoisotopic (exact) mass is 573 g/mol. The average molecular weight is 574 g/mol. The summed E-state index contributed by atoms with van der Waals surface area (Å²) >= 11 is 8.01. The molecule has 1 aromatic heterocycles. The van der Waals surface area contributed by atoms with E-state index in [-0.39, 0.29) is 18.5 Å². The Hall–Kier alpha value is -2.90. The fourth-order valence-corrected chi connectivity index (χ4v) is 6.89. The number of thiophene rings is 1. The van der Waals surface area contributed by atoms with Crippen LogP contribution in [0.5, 0.6) is 0 Å². The van der Waals surface area contributed by atoms with Crippen LogP contribution in [-0.4, -0.2) is 16.8 Å². The van der Waals surface area contributed by atoms with Gasteiger partial charge in [-0.05, 0) is 73.1 Å². The van der Waals surface area contributed by atoms with Crippen LogP contribution in [0.3, 0.4) is 0 Å². The summed E-state index contributed by atoms with van der Waals surface area (Å²) in [7, 11) is 0. The van der Waals surface area contributed by atoms with E-state index in [0.717, 1.165) is 54.3 Å². The van der Waals surface area contributed by atoms with Gasteiger partial charge in [0.25, 0.3) is 5.91 Å². The van der Waals surface area contributed by atoms with Crippen LogP contribution in [0.25, 0.3) is 21.2 Å². The number of nitrogens with zero attached hydrogens (tertiary/aromatic N) is 1. The Kier molecular flexibility index (Phi) is 8.01. The first kappa shape index (κ1) is 27.7. The van der Waals surface area contributed by atoms with Crippen molar-refractivity contribution in [3.8, 4) is 11.1 Å². The van der Waals surface area contributed by atoms with Gasteiger partial charge in [-0.15, -0.1) is 11.3 Å². The number of rotatable bonds is 6. The van der Waals surface area contributed by atoms with E-state index < -0.39 is 17.6 Å².